The van der Waals surface area contributed by atoms with Crippen LogP contribution < -0.4 is 10.6 Å². The Morgan fingerprint density at radius 2 is 2.11 bits per heavy atom. The first-order valence-electron chi connectivity index (χ1n) is 6.55. The van der Waals surface area contributed by atoms with Crippen LogP contribution >= 0.6 is 0 Å². The maximum Gasteiger partial charge on any atom is 0.314 e. The van der Waals surface area contributed by atoms with Gasteiger partial charge in [0.25, 0.3) is 0 Å². The van der Waals surface area contributed by atoms with Crippen molar-refractivity contribution in [3.8, 4) is 0 Å². The van der Waals surface area contributed by atoms with Crippen molar-refractivity contribution in [2.45, 2.75) is 38.5 Å². The number of carboxylic acid groups (broad SMARTS) is 1. The van der Waals surface area contributed by atoms with Gasteiger partial charge in [-0.15, -0.1) is 0 Å². The number of carbonyl (C=O) groups is 2. The topological polar surface area (TPSA) is 78.4 Å². The van der Waals surface area contributed by atoms with E-state index in [2.05, 4.69) is 16.7 Å². The Morgan fingerprint density at radius 1 is 1.33 bits per heavy atom. The zero-order valence-electron chi connectivity index (χ0n) is 10.5. The highest BCUT2D eigenvalue weighted by Crippen LogP contribution is 2.45. The summed E-state index contributed by atoms with van der Waals surface area (Å²) in [5.41, 5.74) is 0.727. The maximum absolute atomic E-state index is 11.5. The fourth-order valence-corrected chi connectivity index (χ4v) is 2.23. The quantitative estimate of drug-likeness (QED) is 0.629. The van der Waals surface area contributed by atoms with E-state index in [4.69, 9.17) is 5.11 Å². The smallest absolute Gasteiger partial charge is 0.314 e. The predicted molar refractivity (Wildman–Crippen MR) is 67.3 cm³/mol. The monoisotopic (exact) mass is 252 g/mol. The first kappa shape index (κ1) is 12.9. The van der Waals surface area contributed by atoms with E-state index < -0.39 is 11.4 Å². The Balaban J connectivity index is 1.59. The summed E-state index contributed by atoms with van der Waals surface area (Å²) in [6.45, 7) is 0.856. The van der Waals surface area contributed by atoms with Crippen LogP contribution in [0.1, 0.15) is 38.5 Å². The van der Waals surface area contributed by atoms with Gasteiger partial charge < -0.3 is 15.7 Å². The second kappa shape index (κ2) is 5.42. The normalized spacial score (nSPS) is 20.1. The second-order valence-corrected chi connectivity index (χ2v) is 5.20. The summed E-state index contributed by atoms with van der Waals surface area (Å²) in [4.78, 5) is 22.4. The van der Waals surface area contributed by atoms with E-state index in [1.165, 1.54) is 12.0 Å². The van der Waals surface area contributed by atoms with Gasteiger partial charge in [0.1, 0.15) is 0 Å². The molecule has 0 radical (unpaired) electrons. The molecule has 0 aromatic carbocycles. The molecule has 18 heavy (non-hydrogen) atoms. The average molecular weight is 252 g/mol. The van der Waals surface area contributed by atoms with E-state index in [0.29, 0.717) is 19.4 Å². The number of aliphatic carboxylic acids is 1. The zero-order valence-corrected chi connectivity index (χ0v) is 10.5. The van der Waals surface area contributed by atoms with Gasteiger partial charge in [0.15, 0.2) is 0 Å². The van der Waals surface area contributed by atoms with Crippen molar-refractivity contribution in [2.24, 2.45) is 5.41 Å². The number of carbonyl (C=O) groups excluding carboxylic acids is 1. The molecule has 2 aliphatic rings. The first-order chi connectivity index (χ1) is 8.62. The molecule has 2 aliphatic carbocycles. The number of hydrogen-bond acceptors (Lipinski definition) is 2. The van der Waals surface area contributed by atoms with E-state index in [9.17, 15) is 9.59 Å². The molecule has 0 saturated heterocycles. The Hall–Kier alpha value is -1.52. The highest BCUT2D eigenvalue weighted by atomic mass is 16.4. The second-order valence-electron chi connectivity index (χ2n) is 5.20. The lowest BCUT2D eigenvalue weighted by molar-refractivity contribution is -0.143. The van der Waals surface area contributed by atoms with Crippen LogP contribution in [-0.4, -0.2) is 30.2 Å². The molecule has 0 aromatic rings. The Morgan fingerprint density at radius 3 is 2.67 bits per heavy atom. The van der Waals surface area contributed by atoms with Gasteiger partial charge in [0, 0.05) is 13.1 Å². The van der Waals surface area contributed by atoms with Gasteiger partial charge in [-0.2, -0.15) is 0 Å². The number of nitrogens with one attached hydrogen (secondary N) is 2. The fourth-order valence-electron chi connectivity index (χ4n) is 2.23. The SMILES string of the molecule is O=C(NCCC1=CCCC1)NCC1(C(=O)O)CC1. The third-order valence-corrected chi connectivity index (χ3v) is 3.76. The molecule has 0 heterocycles. The molecule has 3 N–H and O–H groups in total. The highest BCUT2D eigenvalue weighted by Gasteiger charge is 2.50. The molecule has 0 spiro atoms. The summed E-state index contributed by atoms with van der Waals surface area (Å²) in [6.07, 6.45) is 7.99. The van der Waals surface area contributed by atoms with Crippen molar-refractivity contribution in [2.75, 3.05) is 13.1 Å². The van der Waals surface area contributed by atoms with E-state index in [0.717, 1.165) is 19.3 Å². The minimum atomic E-state index is -0.807. The van der Waals surface area contributed by atoms with Crippen molar-refractivity contribution in [1.29, 1.82) is 0 Å². The van der Waals surface area contributed by atoms with Crippen molar-refractivity contribution in [3.05, 3.63) is 11.6 Å². The molecule has 0 aromatic heterocycles. The van der Waals surface area contributed by atoms with Crippen LogP contribution in [0.25, 0.3) is 0 Å². The molecular formula is C13H20N2O3. The maximum atomic E-state index is 11.5. The average Bonchev–Trinajstić information content (AvgIpc) is 2.97. The minimum Gasteiger partial charge on any atom is -0.481 e. The van der Waals surface area contributed by atoms with Gasteiger partial charge in [-0.3, -0.25) is 4.79 Å². The third kappa shape index (κ3) is 3.24. The molecule has 0 bridgehead atoms. The van der Waals surface area contributed by atoms with Crippen LogP contribution in [0.3, 0.4) is 0 Å². The summed E-state index contributed by atoms with van der Waals surface area (Å²) in [6, 6.07) is -0.263. The molecule has 0 unspecified atom stereocenters. The Kier molecular flexibility index (Phi) is 3.89. The summed E-state index contributed by atoms with van der Waals surface area (Å²) in [5.74, 6) is -0.807. The lowest BCUT2D eigenvalue weighted by Gasteiger charge is -2.12. The third-order valence-electron chi connectivity index (χ3n) is 3.76. The molecule has 0 aliphatic heterocycles. The van der Waals surface area contributed by atoms with Crippen LogP contribution in [0.5, 0.6) is 0 Å². The van der Waals surface area contributed by atoms with Crippen LogP contribution in [0.4, 0.5) is 4.79 Å². The molecule has 2 rings (SSSR count). The van der Waals surface area contributed by atoms with Gasteiger partial charge in [-0.1, -0.05) is 11.6 Å². The van der Waals surface area contributed by atoms with Crippen molar-refractivity contribution in [3.63, 3.8) is 0 Å². The fraction of sp³-hybridized carbons (Fsp3) is 0.692. The number of amides is 2. The van der Waals surface area contributed by atoms with Crippen LogP contribution in [0, 0.1) is 5.41 Å². The lowest BCUT2D eigenvalue weighted by Crippen LogP contribution is -2.41. The van der Waals surface area contributed by atoms with Gasteiger partial charge >= 0.3 is 12.0 Å². The lowest BCUT2D eigenvalue weighted by atomic mass is 10.1. The van der Waals surface area contributed by atoms with Gasteiger partial charge in [0.2, 0.25) is 0 Å². The van der Waals surface area contributed by atoms with Gasteiger partial charge in [-0.05, 0) is 38.5 Å². The Bertz CT molecular complexity index is 372. The van der Waals surface area contributed by atoms with Crippen LogP contribution in [0.2, 0.25) is 0 Å². The molecule has 2 amide bonds. The minimum absolute atomic E-state index is 0.233. The number of carboxylic acids is 1. The Labute approximate surface area is 107 Å². The number of hydrogen-bond donors (Lipinski definition) is 3. The molecule has 1 fully saturated rings. The molecular weight excluding hydrogens is 232 g/mol. The van der Waals surface area contributed by atoms with Gasteiger partial charge in [0.05, 0.1) is 5.41 Å². The molecule has 0 atom stereocenters. The number of allylic oxidation sites excluding steroid dienone is 1. The summed E-state index contributed by atoms with van der Waals surface area (Å²) in [5, 5.41) is 14.4. The largest absolute Gasteiger partial charge is 0.481 e. The van der Waals surface area contributed by atoms with Crippen molar-refractivity contribution in [1.82, 2.24) is 10.6 Å². The summed E-state index contributed by atoms with van der Waals surface area (Å²) >= 11 is 0. The predicted octanol–water partition coefficient (Wildman–Crippen LogP) is 1.65. The highest BCUT2D eigenvalue weighted by molar-refractivity contribution is 5.80. The van der Waals surface area contributed by atoms with E-state index in [-0.39, 0.29) is 12.6 Å². The molecule has 5 nitrogen and oxygen atoms in total. The zero-order chi connectivity index (χ0) is 13.0. The molecule has 5 heteroatoms. The number of rotatable bonds is 6. The number of urea groups is 1. The van der Waals surface area contributed by atoms with Crippen LogP contribution in [0.15, 0.2) is 11.6 Å². The van der Waals surface area contributed by atoms with Crippen molar-refractivity contribution < 1.29 is 14.7 Å². The summed E-state index contributed by atoms with van der Waals surface area (Å²) in [7, 11) is 0. The van der Waals surface area contributed by atoms with E-state index in [1.54, 1.807) is 0 Å². The molecule has 1 saturated carbocycles. The molecule has 100 valence electrons. The van der Waals surface area contributed by atoms with Crippen LogP contribution in [-0.2, 0) is 4.79 Å². The first-order valence-corrected chi connectivity index (χ1v) is 6.55. The summed E-state index contributed by atoms with van der Waals surface area (Å²) < 4.78 is 0. The standard InChI is InChI=1S/C13H20N2O3/c16-11(17)13(6-7-13)9-15-12(18)14-8-5-10-3-1-2-4-10/h3H,1-2,4-9H2,(H,16,17)(H2,14,15,18). The van der Waals surface area contributed by atoms with Gasteiger partial charge in [-0.25, -0.2) is 4.79 Å². The van der Waals surface area contributed by atoms with E-state index >= 15 is 0 Å². The van der Waals surface area contributed by atoms with E-state index in [1.807, 2.05) is 0 Å². The van der Waals surface area contributed by atoms with Crippen molar-refractivity contribution >= 4 is 12.0 Å².